The van der Waals surface area contributed by atoms with Gasteiger partial charge in [-0.05, 0) is 13.0 Å². The number of aromatic nitrogens is 2. The second-order valence-electron chi connectivity index (χ2n) is 5.21. The summed E-state index contributed by atoms with van der Waals surface area (Å²) in [4.78, 5) is 14.0. The lowest BCUT2D eigenvalue weighted by Gasteiger charge is -2.35. The van der Waals surface area contributed by atoms with Gasteiger partial charge in [0.2, 0.25) is 0 Å². The van der Waals surface area contributed by atoms with Gasteiger partial charge in [0.05, 0.1) is 19.3 Å². The number of hydrogen-bond donors (Lipinski definition) is 0. The molecular weight excluding hydrogens is 246 g/mol. The molecule has 0 unspecified atom stereocenters. The molecule has 6 heteroatoms. The molecule has 0 N–H and O–H groups in total. The van der Waals surface area contributed by atoms with E-state index in [1.807, 2.05) is 23.9 Å². The van der Waals surface area contributed by atoms with E-state index in [4.69, 9.17) is 9.47 Å². The molecule has 2 aliphatic rings. The van der Waals surface area contributed by atoms with Gasteiger partial charge in [0, 0.05) is 31.9 Å². The fourth-order valence-electron chi connectivity index (χ4n) is 2.79. The maximum absolute atomic E-state index is 11.8. The Morgan fingerprint density at radius 3 is 3.11 bits per heavy atom. The van der Waals surface area contributed by atoms with Crippen LogP contribution in [0.25, 0.3) is 0 Å². The number of nitrogens with zero attached hydrogens (tertiary/aromatic N) is 3. The number of hydrogen-bond acceptors (Lipinski definition) is 5. The molecule has 0 amide bonds. The van der Waals surface area contributed by atoms with Gasteiger partial charge in [-0.3, -0.25) is 14.4 Å². The summed E-state index contributed by atoms with van der Waals surface area (Å²) < 4.78 is 12.8. The Hall–Kier alpha value is -1.40. The average Bonchev–Trinajstić information content (AvgIpc) is 2.99. The van der Waals surface area contributed by atoms with Crippen LogP contribution in [0.15, 0.2) is 18.5 Å². The largest absolute Gasteiger partial charge is 0.461 e. The van der Waals surface area contributed by atoms with Crippen molar-refractivity contribution in [3.63, 3.8) is 0 Å². The van der Waals surface area contributed by atoms with Gasteiger partial charge >= 0.3 is 5.97 Å². The Morgan fingerprint density at radius 2 is 2.42 bits per heavy atom. The van der Waals surface area contributed by atoms with Crippen molar-refractivity contribution < 1.29 is 14.3 Å². The fourth-order valence-corrected chi connectivity index (χ4v) is 2.79. The number of carbonyl (C=O) groups is 1. The summed E-state index contributed by atoms with van der Waals surface area (Å²) in [6.07, 6.45) is 4.58. The van der Waals surface area contributed by atoms with Gasteiger partial charge in [-0.1, -0.05) is 0 Å². The minimum Gasteiger partial charge on any atom is -0.461 e. The number of rotatable bonds is 3. The van der Waals surface area contributed by atoms with Crippen LogP contribution in [0.4, 0.5) is 0 Å². The van der Waals surface area contributed by atoms with Crippen LogP contribution in [0.2, 0.25) is 0 Å². The predicted octanol–water partition coefficient (Wildman–Crippen LogP) is 0.288. The second kappa shape index (κ2) is 5.30. The van der Waals surface area contributed by atoms with Gasteiger partial charge in [-0.15, -0.1) is 0 Å². The van der Waals surface area contributed by atoms with Gasteiger partial charge in [0.15, 0.2) is 0 Å². The van der Waals surface area contributed by atoms with Crippen LogP contribution in [0.3, 0.4) is 0 Å². The van der Waals surface area contributed by atoms with Crippen molar-refractivity contribution >= 4 is 5.97 Å². The minimum atomic E-state index is -0.0981. The highest BCUT2D eigenvalue weighted by Gasteiger charge is 2.38. The van der Waals surface area contributed by atoms with Gasteiger partial charge in [-0.2, -0.15) is 5.10 Å². The predicted molar refractivity (Wildman–Crippen MR) is 67.5 cm³/mol. The number of ether oxygens (including phenoxy) is 2. The Labute approximate surface area is 112 Å². The molecule has 2 saturated heterocycles. The third-order valence-corrected chi connectivity index (χ3v) is 3.71. The van der Waals surface area contributed by atoms with Crippen LogP contribution in [0.5, 0.6) is 0 Å². The van der Waals surface area contributed by atoms with E-state index in [1.165, 1.54) is 0 Å². The molecule has 0 bridgehead atoms. The zero-order valence-electron chi connectivity index (χ0n) is 11.1. The summed E-state index contributed by atoms with van der Waals surface area (Å²) in [7, 11) is 0. The second-order valence-corrected chi connectivity index (χ2v) is 5.21. The van der Waals surface area contributed by atoms with E-state index >= 15 is 0 Å². The van der Waals surface area contributed by atoms with Gasteiger partial charge in [-0.25, -0.2) is 0 Å². The van der Waals surface area contributed by atoms with E-state index in [-0.39, 0.29) is 24.2 Å². The summed E-state index contributed by atoms with van der Waals surface area (Å²) >= 11 is 0. The molecule has 1 aromatic heterocycles. The molecule has 2 fully saturated rings. The molecule has 0 aromatic carbocycles. The first-order chi connectivity index (χ1) is 9.22. The molecule has 3 atom stereocenters. The normalized spacial score (nSPS) is 32.5. The van der Waals surface area contributed by atoms with E-state index in [0.29, 0.717) is 6.61 Å². The summed E-state index contributed by atoms with van der Waals surface area (Å²) in [6, 6.07) is 1.80. The topological polar surface area (TPSA) is 56.6 Å². The highest BCUT2D eigenvalue weighted by molar-refractivity contribution is 5.78. The maximum Gasteiger partial charge on any atom is 0.323 e. The molecule has 1 aromatic rings. The lowest BCUT2D eigenvalue weighted by molar-refractivity contribution is -0.147. The highest BCUT2D eigenvalue weighted by atomic mass is 16.6. The molecule has 6 nitrogen and oxygen atoms in total. The van der Waals surface area contributed by atoms with Crippen molar-refractivity contribution in [3.05, 3.63) is 18.5 Å². The van der Waals surface area contributed by atoms with Gasteiger partial charge in [0.1, 0.15) is 12.1 Å². The van der Waals surface area contributed by atoms with Crippen molar-refractivity contribution in [2.75, 3.05) is 19.7 Å². The lowest BCUT2D eigenvalue weighted by Crippen LogP contribution is -2.50. The molecule has 0 radical (unpaired) electrons. The monoisotopic (exact) mass is 265 g/mol. The number of cyclic esters (lactones) is 1. The van der Waals surface area contributed by atoms with E-state index in [0.717, 1.165) is 26.1 Å². The Bertz CT molecular complexity index is 434. The first-order valence-corrected chi connectivity index (χ1v) is 6.76. The third-order valence-electron chi connectivity index (χ3n) is 3.71. The number of carbonyl (C=O) groups excluding carboxylic acids is 1. The van der Waals surface area contributed by atoms with Crippen molar-refractivity contribution in [3.8, 4) is 0 Å². The van der Waals surface area contributed by atoms with Crippen molar-refractivity contribution in [2.24, 2.45) is 0 Å². The molecule has 0 saturated carbocycles. The van der Waals surface area contributed by atoms with Crippen LogP contribution >= 0.6 is 0 Å². The maximum atomic E-state index is 11.8. The van der Waals surface area contributed by atoms with E-state index in [2.05, 4.69) is 10.00 Å². The molecular formula is C13H19N3O3. The average molecular weight is 265 g/mol. The summed E-state index contributed by atoms with van der Waals surface area (Å²) in [5.41, 5.74) is 0. The van der Waals surface area contributed by atoms with Gasteiger partial charge in [0.25, 0.3) is 0 Å². The summed E-state index contributed by atoms with van der Waals surface area (Å²) in [5.74, 6) is -0.0905. The smallest absolute Gasteiger partial charge is 0.323 e. The number of esters is 1. The fraction of sp³-hybridized carbons (Fsp3) is 0.692. The highest BCUT2D eigenvalue weighted by Crippen LogP contribution is 2.22. The van der Waals surface area contributed by atoms with Crippen molar-refractivity contribution in [1.82, 2.24) is 14.7 Å². The Balaban J connectivity index is 1.60. The van der Waals surface area contributed by atoms with Gasteiger partial charge < -0.3 is 9.47 Å². The molecule has 3 rings (SSSR count). The van der Waals surface area contributed by atoms with E-state index in [9.17, 15) is 4.79 Å². The molecule has 2 aliphatic heterocycles. The number of morpholine rings is 1. The molecule has 3 heterocycles. The lowest BCUT2D eigenvalue weighted by atomic mass is 10.1. The minimum absolute atomic E-state index is 0.0323. The Kier molecular flexibility index (Phi) is 3.52. The molecule has 0 spiro atoms. The van der Waals surface area contributed by atoms with Crippen LogP contribution in [-0.2, 0) is 20.8 Å². The quantitative estimate of drug-likeness (QED) is 0.735. The summed E-state index contributed by atoms with van der Waals surface area (Å²) in [6.45, 7) is 4.87. The van der Waals surface area contributed by atoms with Crippen LogP contribution in [0, 0.1) is 0 Å². The van der Waals surface area contributed by atoms with Crippen molar-refractivity contribution in [1.29, 1.82) is 0 Å². The third kappa shape index (κ3) is 2.79. The Morgan fingerprint density at radius 1 is 1.53 bits per heavy atom. The first-order valence-electron chi connectivity index (χ1n) is 6.76. The first kappa shape index (κ1) is 12.6. The van der Waals surface area contributed by atoms with Crippen LogP contribution < -0.4 is 0 Å². The van der Waals surface area contributed by atoms with Crippen LogP contribution in [-0.4, -0.2) is 58.6 Å². The SMILES string of the molecule is C[C@@H]1C[C@@H](N2CCO[C@@H](Cn3cccn3)C2)C(=O)O1. The van der Waals surface area contributed by atoms with Crippen molar-refractivity contribution in [2.45, 2.75) is 38.1 Å². The molecule has 104 valence electrons. The zero-order chi connectivity index (χ0) is 13.2. The van der Waals surface area contributed by atoms with E-state index in [1.54, 1.807) is 6.20 Å². The van der Waals surface area contributed by atoms with E-state index < -0.39 is 0 Å². The van der Waals surface area contributed by atoms with Crippen LogP contribution in [0.1, 0.15) is 13.3 Å². The molecule has 19 heavy (non-hydrogen) atoms. The molecule has 0 aliphatic carbocycles. The zero-order valence-corrected chi connectivity index (χ0v) is 11.1. The standard InChI is InChI=1S/C13H19N3O3/c1-10-7-12(13(17)19-10)15-5-6-18-11(8-15)9-16-4-2-3-14-16/h2-4,10-12H,5-9H2,1H3/t10-,11-,12-/m1/s1. The summed E-state index contributed by atoms with van der Waals surface area (Å²) in [5, 5.41) is 4.19.